The van der Waals surface area contributed by atoms with Crippen LogP contribution in [0.25, 0.3) is 0 Å². The molecular formula is C13H15F5O4. The summed E-state index contributed by atoms with van der Waals surface area (Å²) in [5, 5.41) is 0. The predicted octanol–water partition coefficient (Wildman–Crippen LogP) is 2.70. The summed E-state index contributed by atoms with van der Waals surface area (Å²) in [4.78, 5) is 22.7. The Morgan fingerprint density at radius 2 is 1.73 bits per heavy atom. The van der Waals surface area contributed by atoms with E-state index < -0.39 is 36.6 Å². The highest BCUT2D eigenvalue weighted by Crippen LogP contribution is 2.50. The van der Waals surface area contributed by atoms with Crippen molar-refractivity contribution in [2.75, 3.05) is 0 Å². The van der Waals surface area contributed by atoms with Crippen molar-refractivity contribution in [2.24, 2.45) is 17.8 Å². The molecule has 2 saturated carbocycles. The van der Waals surface area contributed by atoms with Gasteiger partial charge >= 0.3 is 18.1 Å². The molecule has 2 aliphatic carbocycles. The van der Waals surface area contributed by atoms with Crippen molar-refractivity contribution in [3.05, 3.63) is 0 Å². The van der Waals surface area contributed by atoms with Gasteiger partial charge in [-0.25, -0.2) is 8.78 Å². The average molecular weight is 330 g/mol. The van der Waals surface area contributed by atoms with Crippen LogP contribution < -0.4 is 0 Å². The van der Waals surface area contributed by atoms with Crippen LogP contribution in [0.15, 0.2) is 0 Å². The van der Waals surface area contributed by atoms with Gasteiger partial charge in [0.2, 0.25) is 0 Å². The van der Waals surface area contributed by atoms with Crippen molar-refractivity contribution in [3.8, 4) is 0 Å². The highest BCUT2D eigenvalue weighted by Gasteiger charge is 2.54. The Labute approximate surface area is 122 Å². The summed E-state index contributed by atoms with van der Waals surface area (Å²) < 4.78 is 71.0. The second kappa shape index (κ2) is 6.00. The van der Waals surface area contributed by atoms with E-state index >= 15 is 0 Å². The Bertz CT molecular complexity index is 450. The van der Waals surface area contributed by atoms with Gasteiger partial charge in [0, 0.05) is 6.92 Å². The summed E-state index contributed by atoms with van der Waals surface area (Å²) in [6.07, 6.45) is -11.8. The lowest BCUT2D eigenvalue weighted by molar-refractivity contribution is -0.251. The molecule has 0 saturated heterocycles. The van der Waals surface area contributed by atoms with Crippen LogP contribution in [-0.4, -0.2) is 36.7 Å². The zero-order valence-corrected chi connectivity index (χ0v) is 11.6. The highest BCUT2D eigenvalue weighted by molar-refractivity contribution is 5.74. The molecule has 0 amide bonds. The summed E-state index contributed by atoms with van der Waals surface area (Å²) in [5.74, 6) is -3.00. The number of halogens is 5. The molecule has 9 heteroatoms. The molecule has 4 nitrogen and oxygen atoms in total. The zero-order chi connectivity index (χ0) is 16.7. The van der Waals surface area contributed by atoms with Crippen LogP contribution in [0, 0.1) is 17.8 Å². The normalized spacial score (nSPS) is 32.1. The number of hydrogen-bond donors (Lipinski definition) is 0. The molecule has 0 N–H and O–H groups in total. The van der Waals surface area contributed by atoms with E-state index in [1.807, 2.05) is 0 Å². The Balaban J connectivity index is 1.95. The Morgan fingerprint density at radius 3 is 2.14 bits per heavy atom. The van der Waals surface area contributed by atoms with Gasteiger partial charge in [0.1, 0.15) is 6.10 Å². The first-order chi connectivity index (χ1) is 10.1. The van der Waals surface area contributed by atoms with Crippen LogP contribution in [0.3, 0.4) is 0 Å². The number of fused-ring (bicyclic) bond motifs is 2. The minimum Gasteiger partial charge on any atom is -0.462 e. The van der Waals surface area contributed by atoms with Crippen molar-refractivity contribution < 1.29 is 41.0 Å². The fourth-order valence-corrected chi connectivity index (χ4v) is 3.34. The predicted molar refractivity (Wildman–Crippen MR) is 61.8 cm³/mol. The van der Waals surface area contributed by atoms with E-state index in [0.29, 0.717) is 12.8 Å². The zero-order valence-electron chi connectivity index (χ0n) is 11.6. The summed E-state index contributed by atoms with van der Waals surface area (Å²) in [6.45, 7) is 1.24. The Morgan fingerprint density at radius 1 is 1.09 bits per heavy atom. The van der Waals surface area contributed by atoms with Gasteiger partial charge in [-0.15, -0.1) is 0 Å². The van der Waals surface area contributed by atoms with Crippen molar-refractivity contribution in [3.63, 3.8) is 0 Å². The second-order valence-electron chi connectivity index (χ2n) is 5.72. The summed E-state index contributed by atoms with van der Waals surface area (Å²) in [6, 6.07) is 0. The SMILES string of the molecule is CC(=O)OC1CC2CC1CC2C(=O)OC(C(F)F)C(F)(F)F. The third kappa shape index (κ3) is 3.49. The first kappa shape index (κ1) is 17.0. The summed E-state index contributed by atoms with van der Waals surface area (Å²) in [7, 11) is 0. The van der Waals surface area contributed by atoms with Crippen LogP contribution in [-0.2, 0) is 19.1 Å². The third-order valence-electron chi connectivity index (χ3n) is 4.21. The van der Waals surface area contributed by atoms with E-state index in [1.165, 1.54) is 6.92 Å². The molecule has 0 aromatic rings. The first-order valence-corrected chi connectivity index (χ1v) is 6.82. The number of carbonyl (C=O) groups excluding carboxylic acids is 2. The fourth-order valence-electron chi connectivity index (χ4n) is 3.34. The number of hydrogen-bond acceptors (Lipinski definition) is 4. The van der Waals surface area contributed by atoms with Gasteiger partial charge in [-0.05, 0) is 31.1 Å². The molecular weight excluding hydrogens is 315 g/mol. The molecule has 0 radical (unpaired) electrons. The van der Waals surface area contributed by atoms with Crippen LogP contribution >= 0.6 is 0 Å². The Kier molecular flexibility index (Phi) is 4.62. The van der Waals surface area contributed by atoms with Crippen LogP contribution in [0.5, 0.6) is 0 Å². The van der Waals surface area contributed by atoms with Gasteiger partial charge in [-0.1, -0.05) is 0 Å². The lowest BCUT2D eigenvalue weighted by Crippen LogP contribution is -2.42. The van der Waals surface area contributed by atoms with Gasteiger partial charge in [0.25, 0.3) is 12.5 Å². The largest absolute Gasteiger partial charge is 0.462 e. The fraction of sp³-hybridized carbons (Fsp3) is 0.846. The summed E-state index contributed by atoms with van der Waals surface area (Å²) >= 11 is 0. The molecule has 0 aliphatic heterocycles. The molecule has 0 heterocycles. The smallest absolute Gasteiger partial charge is 0.431 e. The molecule has 5 unspecified atom stereocenters. The molecule has 22 heavy (non-hydrogen) atoms. The maximum Gasteiger partial charge on any atom is 0.431 e. The number of ether oxygens (including phenoxy) is 2. The van der Waals surface area contributed by atoms with Crippen LogP contribution in [0.4, 0.5) is 22.0 Å². The van der Waals surface area contributed by atoms with E-state index in [9.17, 15) is 31.5 Å². The second-order valence-corrected chi connectivity index (χ2v) is 5.72. The lowest BCUT2D eigenvalue weighted by atomic mass is 9.87. The van der Waals surface area contributed by atoms with Crippen molar-refractivity contribution >= 4 is 11.9 Å². The van der Waals surface area contributed by atoms with Gasteiger partial charge in [-0.2, -0.15) is 13.2 Å². The molecule has 2 bridgehead atoms. The monoisotopic (exact) mass is 330 g/mol. The quantitative estimate of drug-likeness (QED) is 0.587. The van der Waals surface area contributed by atoms with E-state index in [0.717, 1.165) is 0 Å². The molecule has 0 aromatic carbocycles. The maximum absolute atomic E-state index is 12.4. The molecule has 126 valence electrons. The van der Waals surface area contributed by atoms with Gasteiger partial charge in [0.05, 0.1) is 5.92 Å². The maximum atomic E-state index is 12.4. The Hall–Kier alpha value is -1.41. The third-order valence-corrected chi connectivity index (χ3v) is 4.21. The molecule has 5 atom stereocenters. The van der Waals surface area contributed by atoms with Gasteiger partial charge < -0.3 is 9.47 Å². The molecule has 0 aromatic heterocycles. The topological polar surface area (TPSA) is 52.6 Å². The van der Waals surface area contributed by atoms with Crippen LogP contribution in [0.2, 0.25) is 0 Å². The van der Waals surface area contributed by atoms with Crippen molar-refractivity contribution in [2.45, 2.75) is 51.0 Å². The molecule has 0 spiro atoms. The van der Waals surface area contributed by atoms with Crippen molar-refractivity contribution in [1.82, 2.24) is 0 Å². The van der Waals surface area contributed by atoms with E-state index in [2.05, 4.69) is 4.74 Å². The number of rotatable bonds is 4. The van der Waals surface area contributed by atoms with Gasteiger partial charge in [0.15, 0.2) is 0 Å². The molecule has 2 aliphatic rings. The van der Waals surface area contributed by atoms with Gasteiger partial charge in [-0.3, -0.25) is 9.59 Å². The minimum absolute atomic E-state index is 0.137. The van der Waals surface area contributed by atoms with E-state index in [4.69, 9.17) is 4.74 Å². The van der Waals surface area contributed by atoms with Crippen LogP contribution in [0.1, 0.15) is 26.2 Å². The number of alkyl halides is 5. The average Bonchev–Trinajstić information content (AvgIpc) is 2.92. The first-order valence-electron chi connectivity index (χ1n) is 6.82. The standard InChI is InChI=1S/C13H15F5O4/c1-5(19)21-9-4-6-2-7(9)3-8(6)12(20)22-10(11(14)15)13(16,17)18/h6-11H,2-4H2,1H3. The van der Waals surface area contributed by atoms with E-state index in [1.54, 1.807) is 0 Å². The number of esters is 2. The van der Waals surface area contributed by atoms with Crippen molar-refractivity contribution in [1.29, 1.82) is 0 Å². The number of carbonyl (C=O) groups is 2. The van der Waals surface area contributed by atoms with E-state index in [-0.39, 0.29) is 24.4 Å². The lowest BCUT2D eigenvalue weighted by Gasteiger charge is -2.28. The summed E-state index contributed by atoms with van der Waals surface area (Å²) in [5.41, 5.74) is 0. The minimum atomic E-state index is -5.30. The molecule has 2 rings (SSSR count). The highest BCUT2D eigenvalue weighted by atomic mass is 19.4. The molecule has 2 fully saturated rings.